The summed E-state index contributed by atoms with van der Waals surface area (Å²) in [6.07, 6.45) is 5.18. The Hall–Kier alpha value is -1.25. The molecule has 2 rings (SSSR count). The topological polar surface area (TPSA) is 31.2 Å². The van der Waals surface area contributed by atoms with Gasteiger partial charge in [0.15, 0.2) is 0 Å². The Labute approximate surface area is 96.4 Å². The number of nitrogens with zero attached hydrogens (tertiary/aromatic N) is 1. The largest absolute Gasteiger partial charge is 0.462 e. The molecule has 1 aromatic rings. The van der Waals surface area contributed by atoms with Gasteiger partial charge in [0.25, 0.3) is 0 Å². The molecule has 1 aromatic heterocycles. The number of hydrogen-bond acceptors (Lipinski definition) is 2. The molecule has 0 saturated carbocycles. The van der Waals surface area contributed by atoms with Gasteiger partial charge in [-0.3, -0.25) is 4.79 Å². The van der Waals surface area contributed by atoms with Crippen molar-refractivity contribution in [3.8, 4) is 0 Å². The Morgan fingerprint density at radius 3 is 3.06 bits per heavy atom. The summed E-state index contributed by atoms with van der Waals surface area (Å²) in [6.45, 7) is 4.81. The molecular weight excluding hydrogens is 202 g/mol. The number of esters is 1. The molecule has 1 unspecified atom stereocenters. The maximum absolute atomic E-state index is 12.0. The first-order chi connectivity index (χ1) is 7.68. The smallest absolute Gasteiger partial charge is 0.315 e. The van der Waals surface area contributed by atoms with Gasteiger partial charge in [0.2, 0.25) is 0 Å². The molecule has 0 aromatic carbocycles. The van der Waals surface area contributed by atoms with Crippen LogP contribution in [-0.2, 0) is 16.1 Å². The molecule has 3 heteroatoms. The second-order valence-electron chi connectivity index (χ2n) is 4.66. The second-order valence-corrected chi connectivity index (χ2v) is 4.66. The molecule has 1 aliphatic heterocycles. The summed E-state index contributed by atoms with van der Waals surface area (Å²) in [5.41, 5.74) is 1.11. The molecule has 0 fully saturated rings. The molecule has 0 radical (unpaired) electrons. The van der Waals surface area contributed by atoms with E-state index >= 15 is 0 Å². The molecular formula is C13H19NO2. The molecule has 0 N–H and O–H groups in total. The van der Waals surface area contributed by atoms with Crippen molar-refractivity contribution in [2.45, 2.75) is 51.7 Å². The quantitative estimate of drug-likeness (QED) is 0.719. The fourth-order valence-electron chi connectivity index (χ4n) is 2.28. The summed E-state index contributed by atoms with van der Waals surface area (Å²) in [5, 5.41) is 0. The zero-order valence-corrected chi connectivity index (χ0v) is 9.98. The van der Waals surface area contributed by atoms with Crippen molar-refractivity contribution in [1.82, 2.24) is 4.57 Å². The van der Waals surface area contributed by atoms with Gasteiger partial charge in [-0.2, -0.15) is 0 Å². The number of hydrogen-bond donors (Lipinski definition) is 0. The molecule has 0 spiro atoms. The minimum Gasteiger partial charge on any atom is -0.462 e. The Bertz CT molecular complexity index is 368. The van der Waals surface area contributed by atoms with Gasteiger partial charge in [0.05, 0.1) is 12.0 Å². The van der Waals surface area contributed by atoms with E-state index in [1.807, 2.05) is 26.0 Å². The lowest BCUT2D eigenvalue weighted by molar-refractivity contribution is -0.149. The van der Waals surface area contributed by atoms with Crippen molar-refractivity contribution >= 4 is 5.97 Å². The van der Waals surface area contributed by atoms with Gasteiger partial charge in [0, 0.05) is 18.4 Å². The first-order valence-electron chi connectivity index (χ1n) is 6.04. The van der Waals surface area contributed by atoms with Crippen LogP contribution >= 0.6 is 0 Å². The van der Waals surface area contributed by atoms with Crippen LogP contribution in [0, 0.1) is 0 Å². The van der Waals surface area contributed by atoms with Crippen molar-refractivity contribution in [3.63, 3.8) is 0 Å². The maximum atomic E-state index is 12.0. The average molecular weight is 221 g/mol. The third-order valence-corrected chi connectivity index (χ3v) is 3.00. The first-order valence-corrected chi connectivity index (χ1v) is 6.04. The van der Waals surface area contributed by atoms with Crippen LogP contribution in [0.3, 0.4) is 0 Å². The number of aryl methyl sites for hydroxylation is 1. The molecule has 88 valence electrons. The van der Waals surface area contributed by atoms with E-state index < -0.39 is 0 Å². The summed E-state index contributed by atoms with van der Waals surface area (Å²) in [5.74, 6) is -0.142. The molecule has 0 saturated heterocycles. The fraction of sp³-hybridized carbons (Fsp3) is 0.615. The van der Waals surface area contributed by atoms with Crippen LogP contribution in [0.25, 0.3) is 0 Å². The number of carbonyl (C=O) groups is 1. The SMILES string of the molecule is CC(C)OC(=O)C1CCCCn2cccc21. The normalized spacial score (nSPS) is 20.3. The Kier molecular flexibility index (Phi) is 3.32. The molecule has 1 atom stereocenters. The number of rotatable bonds is 2. The van der Waals surface area contributed by atoms with E-state index in [9.17, 15) is 4.79 Å². The van der Waals surface area contributed by atoms with E-state index in [-0.39, 0.29) is 18.0 Å². The summed E-state index contributed by atoms with van der Waals surface area (Å²) in [7, 11) is 0. The van der Waals surface area contributed by atoms with E-state index in [4.69, 9.17) is 4.74 Å². The Balaban J connectivity index is 2.18. The van der Waals surface area contributed by atoms with Crippen LogP contribution in [0.2, 0.25) is 0 Å². The zero-order valence-electron chi connectivity index (χ0n) is 9.98. The molecule has 2 heterocycles. The van der Waals surface area contributed by atoms with Crippen LogP contribution in [0.4, 0.5) is 0 Å². The highest BCUT2D eigenvalue weighted by molar-refractivity contribution is 5.77. The van der Waals surface area contributed by atoms with E-state index in [1.165, 1.54) is 0 Å². The molecule has 0 bridgehead atoms. The molecule has 16 heavy (non-hydrogen) atoms. The molecule has 3 nitrogen and oxygen atoms in total. The van der Waals surface area contributed by atoms with Gasteiger partial charge >= 0.3 is 5.97 Å². The maximum Gasteiger partial charge on any atom is 0.315 e. The summed E-state index contributed by atoms with van der Waals surface area (Å²) >= 11 is 0. The number of carbonyl (C=O) groups excluding carboxylic acids is 1. The van der Waals surface area contributed by atoms with Gasteiger partial charge in [-0.15, -0.1) is 0 Å². The summed E-state index contributed by atoms with van der Waals surface area (Å²) < 4.78 is 7.50. The van der Waals surface area contributed by atoms with E-state index in [1.54, 1.807) is 0 Å². The number of aromatic nitrogens is 1. The van der Waals surface area contributed by atoms with Crippen molar-refractivity contribution in [2.24, 2.45) is 0 Å². The highest BCUT2D eigenvalue weighted by Gasteiger charge is 2.26. The van der Waals surface area contributed by atoms with Crippen molar-refractivity contribution < 1.29 is 9.53 Å². The highest BCUT2D eigenvalue weighted by Crippen LogP contribution is 2.28. The predicted molar refractivity (Wildman–Crippen MR) is 62.3 cm³/mol. The monoisotopic (exact) mass is 221 g/mol. The van der Waals surface area contributed by atoms with Crippen molar-refractivity contribution in [3.05, 3.63) is 24.0 Å². The van der Waals surface area contributed by atoms with Gasteiger partial charge in [-0.25, -0.2) is 0 Å². The van der Waals surface area contributed by atoms with Crippen molar-refractivity contribution in [1.29, 1.82) is 0 Å². The lowest BCUT2D eigenvalue weighted by Crippen LogP contribution is -2.20. The van der Waals surface area contributed by atoms with E-state index in [0.29, 0.717) is 0 Å². The molecule has 0 aliphatic carbocycles. The third-order valence-electron chi connectivity index (χ3n) is 3.00. The van der Waals surface area contributed by atoms with Crippen molar-refractivity contribution in [2.75, 3.05) is 0 Å². The lowest BCUT2D eigenvalue weighted by Gasteiger charge is -2.16. The standard InChI is InChI=1S/C13H19NO2/c1-10(2)16-13(15)11-6-3-4-8-14-9-5-7-12(11)14/h5,7,9-11H,3-4,6,8H2,1-2H3. The van der Waals surface area contributed by atoms with Crippen LogP contribution < -0.4 is 0 Å². The van der Waals surface area contributed by atoms with Crippen LogP contribution in [0.5, 0.6) is 0 Å². The Morgan fingerprint density at radius 2 is 2.31 bits per heavy atom. The lowest BCUT2D eigenvalue weighted by atomic mass is 10.00. The van der Waals surface area contributed by atoms with Crippen LogP contribution in [-0.4, -0.2) is 16.6 Å². The number of ether oxygens (including phenoxy) is 1. The minimum absolute atomic E-state index is 0.0286. The van der Waals surface area contributed by atoms with Gasteiger partial charge in [-0.1, -0.05) is 6.42 Å². The van der Waals surface area contributed by atoms with Gasteiger partial charge < -0.3 is 9.30 Å². The van der Waals surface area contributed by atoms with E-state index in [2.05, 4.69) is 10.8 Å². The van der Waals surface area contributed by atoms with Gasteiger partial charge in [0.1, 0.15) is 0 Å². The van der Waals surface area contributed by atoms with Crippen LogP contribution in [0.15, 0.2) is 18.3 Å². The zero-order chi connectivity index (χ0) is 11.5. The highest BCUT2D eigenvalue weighted by atomic mass is 16.5. The fourth-order valence-corrected chi connectivity index (χ4v) is 2.28. The summed E-state index contributed by atoms with van der Waals surface area (Å²) in [6, 6.07) is 4.05. The third kappa shape index (κ3) is 2.29. The second kappa shape index (κ2) is 4.73. The summed E-state index contributed by atoms with van der Waals surface area (Å²) in [4.78, 5) is 12.0. The van der Waals surface area contributed by atoms with E-state index in [0.717, 1.165) is 31.5 Å². The van der Waals surface area contributed by atoms with Crippen LogP contribution in [0.1, 0.15) is 44.7 Å². The average Bonchev–Trinajstić information content (AvgIpc) is 2.57. The first kappa shape index (κ1) is 11.2. The number of fused-ring (bicyclic) bond motifs is 1. The molecule has 0 amide bonds. The van der Waals surface area contributed by atoms with Gasteiger partial charge in [-0.05, 0) is 38.8 Å². The molecule has 1 aliphatic rings. The minimum atomic E-state index is -0.0724. The predicted octanol–water partition coefficient (Wildman–Crippen LogP) is 2.71. The Morgan fingerprint density at radius 1 is 1.50 bits per heavy atom.